The molecule has 0 atom stereocenters. The van der Waals surface area contributed by atoms with Crippen molar-refractivity contribution in [2.24, 2.45) is 11.8 Å². The first-order valence-corrected chi connectivity index (χ1v) is 6.53. The molecule has 0 spiro atoms. The maximum Gasteiger partial charge on any atom is 0.0805 e. The Balaban J connectivity index is 2.36. The van der Waals surface area contributed by atoms with Crippen LogP contribution in [0, 0.1) is 11.8 Å². The molecule has 1 aliphatic heterocycles. The molecule has 76 valence electrons. The van der Waals surface area contributed by atoms with Gasteiger partial charge in [0.25, 0.3) is 0 Å². The summed E-state index contributed by atoms with van der Waals surface area (Å²) in [7, 11) is 0. The fraction of sp³-hybridized carbons (Fsp3) is 0.900. The number of thiocarbonyl (C=S) groups is 1. The van der Waals surface area contributed by atoms with Gasteiger partial charge in [0.2, 0.25) is 0 Å². The van der Waals surface area contributed by atoms with Crippen LogP contribution >= 0.6 is 28.1 Å². The normalized spacial score (nSPS) is 19.5. The summed E-state index contributed by atoms with van der Waals surface area (Å²) in [6.45, 7) is 6.68. The van der Waals surface area contributed by atoms with Crippen molar-refractivity contribution in [3.05, 3.63) is 0 Å². The molecule has 0 aromatic rings. The van der Waals surface area contributed by atoms with Crippen LogP contribution in [0.1, 0.15) is 26.7 Å². The minimum absolute atomic E-state index is 0.524. The van der Waals surface area contributed by atoms with Crippen LogP contribution in [-0.4, -0.2) is 28.3 Å². The summed E-state index contributed by atoms with van der Waals surface area (Å²) in [5, 5.41) is 1.15. The molecule has 0 saturated carbocycles. The maximum absolute atomic E-state index is 5.39. The summed E-state index contributed by atoms with van der Waals surface area (Å²) >= 11 is 8.93. The Morgan fingerprint density at radius 2 is 2.00 bits per heavy atom. The Kier molecular flexibility index (Phi) is 4.67. The van der Waals surface area contributed by atoms with E-state index in [0.717, 1.165) is 29.3 Å². The van der Waals surface area contributed by atoms with Crippen molar-refractivity contribution in [2.45, 2.75) is 26.7 Å². The highest BCUT2D eigenvalue weighted by Gasteiger charge is 2.20. The maximum atomic E-state index is 5.39. The van der Waals surface area contributed by atoms with Crippen LogP contribution in [0.25, 0.3) is 0 Å². The second-order valence-electron chi connectivity index (χ2n) is 4.08. The third-order valence-corrected chi connectivity index (χ3v) is 4.28. The molecule has 0 aliphatic carbocycles. The molecule has 1 nitrogen and oxygen atoms in total. The van der Waals surface area contributed by atoms with Crippen molar-refractivity contribution >= 4 is 33.1 Å². The lowest BCUT2D eigenvalue weighted by atomic mass is 9.98. The van der Waals surface area contributed by atoms with E-state index in [1.165, 1.54) is 12.8 Å². The largest absolute Gasteiger partial charge is 0.366 e. The standard InChI is InChI=1S/C10H18BrNS/c1-8(2)10(13)12-5-3-9(7-11)4-6-12/h8-9H,3-7H2,1-2H3. The highest BCUT2D eigenvalue weighted by molar-refractivity contribution is 9.09. The van der Waals surface area contributed by atoms with Crippen LogP contribution < -0.4 is 0 Å². The summed E-state index contributed by atoms with van der Waals surface area (Å²) in [6, 6.07) is 0. The average molecular weight is 264 g/mol. The number of likely N-dealkylation sites (tertiary alicyclic amines) is 1. The van der Waals surface area contributed by atoms with Gasteiger partial charge in [-0.2, -0.15) is 0 Å². The highest BCUT2D eigenvalue weighted by atomic mass is 79.9. The topological polar surface area (TPSA) is 3.24 Å². The molecular formula is C10H18BrNS. The Hall–Kier alpha value is 0.370. The summed E-state index contributed by atoms with van der Waals surface area (Å²) in [6.07, 6.45) is 2.58. The third-order valence-electron chi connectivity index (χ3n) is 2.64. The summed E-state index contributed by atoms with van der Waals surface area (Å²) in [4.78, 5) is 3.52. The fourth-order valence-electron chi connectivity index (χ4n) is 1.67. The minimum atomic E-state index is 0.524. The average Bonchev–Trinajstić information content (AvgIpc) is 2.17. The predicted octanol–water partition coefficient (Wildman–Crippen LogP) is 3.08. The lowest BCUT2D eigenvalue weighted by molar-refractivity contribution is 0.280. The molecule has 1 aliphatic rings. The van der Waals surface area contributed by atoms with Gasteiger partial charge in [-0.3, -0.25) is 0 Å². The third kappa shape index (κ3) is 3.21. The van der Waals surface area contributed by atoms with Gasteiger partial charge in [-0.1, -0.05) is 42.0 Å². The number of alkyl halides is 1. The SMILES string of the molecule is CC(C)C(=S)N1CCC(CBr)CC1. The first-order chi connectivity index (χ1) is 6.15. The van der Waals surface area contributed by atoms with Crippen molar-refractivity contribution in [1.82, 2.24) is 4.90 Å². The van der Waals surface area contributed by atoms with Crippen LogP contribution in [0.15, 0.2) is 0 Å². The van der Waals surface area contributed by atoms with E-state index in [-0.39, 0.29) is 0 Å². The van der Waals surface area contributed by atoms with Crippen LogP contribution in [0.5, 0.6) is 0 Å². The summed E-state index contributed by atoms with van der Waals surface area (Å²) in [5.41, 5.74) is 0. The van der Waals surface area contributed by atoms with Gasteiger partial charge in [0.15, 0.2) is 0 Å². The van der Waals surface area contributed by atoms with E-state index in [0.29, 0.717) is 5.92 Å². The fourth-order valence-corrected chi connectivity index (χ4v) is 2.50. The van der Waals surface area contributed by atoms with Gasteiger partial charge >= 0.3 is 0 Å². The lowest BCUT2D eigenvalue weighted by Crippen LogP contribution is -2.39. The Bertz CT molecular complexity index is 174. The van der Waals surface area contributed by atoms with Gasteiger partial charge in [-0.15, -0.1) is 0 Å². The lowest BCUT2D eigenvalue weighted by Gasteiger charge is -2.34. The molecule has 0 bridgehead atoms. The van der Waals surface area contributed by atoms with Gasteiger partial charge in [0.1, 0.15) is 0 Å². The first-order valence-electron chi connectivity index (χ1n) is 5.00. The smallest absolute Gasteiger partial charge is 0.0805 e. The van der Waals surface area contributed by atoms with Gasteiger partial charge < -0.3 is 4.90 Å². The molecule has 1 rings (SSSR count). The van der Waals surface area contributed by atoms with Crippen LogP contribution in [0.3, 0.4) is 0 Å². The van der Waals surface area contributed by atoms with E-state index >= 15 is 0 Å². The van der Waals surface area contributed by atoms with Crippen molar-refractivity contribution in [3.63, 3.8) is 0 Å². The highest BCUT2D eigenvalue weighted by Crippen LogP contribution is 2.20. The van der Waals surface area contributed by atoms with E-state index in [2.05, 4.69) is 34.7 Å². The molecule has 0 aromatic carbocycles. The molecule has 3 heteroatoms. The number of halogens is 1. The van der Waals surface area contributed by atoms with E-state index in [1.54, 1.807) is 0 Å². The molecule has 0 unspecified atom stereocenters. The van der Waals surface area contributed by atoms with Crippen LogP contribution in [-0.2, 0) is 0 Å². The van der Waals surface area contributed by atoms with Crippen molar-refractivity contribution < 1.29 is 0 Å². The van der Waals surface area contributed by atoms with Crippen molar-refractivity contribution in [3.8, 4) is 0 Å². The molecule has 0 N–H and O–H groups in total. The quantitative estimate of drug-likeness (QED) is 0.557. The number of hydrogen-bond donors (Lipinski definition) is 0. The molecular weight excluding hydrogens is 246 g/mol. The Morgan fingerprint density at radius 3 is 2.38 bits per heavy atom. The van der Waals surface area contributed by atoms with E-state index in [1.807, 2.05) is 0 Å². The van der Waals surface area contributed by atoms with Gasteiger partial charge in [0.05, 0.1) is 4.99 Å². The van der Waals surface area contributed by atoms with Crippen LogP contribution in [0.2, 0.25) is 0 Å². The molecule has 1 fully saturated rings. The van der Waals surface area contributed by atoms with Crippen LogP contribution in [0.4, 0.5) is 0 Å². The number of rotatable bonds is 2. The molecule has 1 saturated heterocycles. The molecule has 0 amide bonds. The molecule has 1 heterocycles. The second-order valence-corrected chi connectivity index (χ2v) is 5.14. The minimum Gasteiger partial charge on any atom is -0.366 e. The van der Waals surface area contributed by atoms with Gasteiger partial charge in [0, 0.05) is 24.3 Å². The zero-order chi connectivity index (χ0) is 9.84. The summed E-state index contributed by atoms with van der Waals surface area (Å²) < 4.78 is 0. The van der Waals surface area contributed by atoms with Gasteiger partial charge in [-0.25, -0.2) is 0 Å². The Morgan fingerprint density at radius 1 is 1.46 bits per heavy atom. The van der Waals surface area contributed by atoms with Crippen molar-refractivity contribution in [1.29, 1.82) is 0 Å². The number of hydrogen-bond acceptors (Lipinski definition) is 1. The molecule has 0 aromatic heterocycles. The number of piperidine rings is 1. The zero-order valence-electron chi connectivity index (χ0n) is 8.42. The summed E-state index contributed by atoms with van der Waals surface area (Å²) in [5.74, 6) is 1.39. The van der Waals surface area contributed by atoms with E-state index < -0.39 is 0 Å². The Labute approximate surface area is 95.0 Å². The van der Waals surface area contributed by atoms with E-state index in [9.17, 15) is 0 Å². The first kappa shape index (κ1) is 11.4. The zero-order valence-corrected chi connectivity index (χ0v) is 10.8. The predicted molar refractivity (Wildman–Crippen MR) is 65.5 cm³/mol. The second kappa shape index (κ2) is 5.30. The van der Waals surface area contributed by atoms with E-state index in [4.69, 9.17) is 12.2 Å². The van der Waals surface area contributed by atoms with Crippen molar-refractivity contribution in [2.75, 3.05) is 18.4 Å². The monoisotopic (exact) mass is 263 g/mol. The molecule has 13 heavy (non-hydrogen) atoms. The molecule has 0 radical (unpaired) electrons. The van der Waals surface area contributed by atoms with Gasteiger partial charge in [-0.05, 0) is 18.8 Å². The number of nitrogens with zero attached hydrogens (tertiary/aromatic N) is 1.